The summed E-state index contributed by atoms with van der Waals surface area (Å²) in [6.45, 7) is 4.03. The van der Waals surface area contributed by atoms with Crippen molar-refractivity contribution in [1.29, 1.82) is 0 Å². The van der Waals surface area contributed by atoms with Crippen LogP contribution >= 0.6 is 0 Å². The summed E-state index contributed by atoms with van der Waals surface area (Å²) in [6, 6.07) is 6.27. The first kappa shape index (κ1) is 12.9. The van der Waals surface area contributed by atoms with Crippen LogP contribution in [0.1, 0.15) is 26.7 Å². The van der Waals surface area contributed by atoms with Crippen LogP contribution in [0.25, 0.3) is 0 Å². The Morgan fingerprint density at radius 2 is 2.00 bits per heavy atom. The summed E-state index contributed by atoms with van der Waals surface area (Å²) >= 11 is 0. The van der Waals surface area contributed by atoms with Gasteiger partial charge in [-0.1, -0.05) is 0 Å². The largest absolute Gasteiger partial charge is 0.484 e. The zero-order valence-electron chi connectivity index (χ0n) is 10.7. The maximum Gasteiger partial charge on any atom is 0.260 e. The number of nitrogens with zero attached hydrogens (tertiary/aromatic N) is 1. The molecule has 0 saturated heterocycles. The van der Waals surface area contributed by atoms with Crippen molar-refractivity contribution in [3.05, 3.63) is 30.1 Å². The summed E-state index contributed by atoms with van der Waals surface area (Å²) in [5.74, 6) is 0.205. The summed E-state index contributed by atoms with van der Waals surface area (Å²) in [4.78, 5) is 13.9. The average molecular weight is 251 g/mol. The van der Waals surface area contributed by atoms with E-state index in [0.717, 1.165) is 12.8 Å². The van der Waals surface area contributed by atoms with Crippen molar-refractivity contribution < 1.29 is 13.9 Å². The van der Waals surface area contributed by atoms with E-state index in [4.69, 9.17) is 4.74 Å². The lowest BCUT2D eigenvalue weighted by Crippen LogP contribution is -2.41. The number of ether oxygens (including phenoxy) is 1. The van der Waals surface area contributed by atoms with Crippen molar-refractivity contribution in [2.75, 3.05) is 6.61 Å². The van der Waals surface area contributed by atoms with Gasteiger partial charge in [0.2, 0.25) is 0 Å². The third-order valence-corrected chi connectivity index (χ3v) is 2.96. The van der Waals surface area contributed by atoms with Gasteiger partial charge in [0.1, 0.15) is 11.6 Å². The molecule has 1 aromatic carbocycles. The molecule has 1 saturated carbocycles. The predicted molar refractivity (Wildman–Crippen MR) is 66.9 cm³/mol. The second kappa shape index (κ2) is 5.38. The standard InChI is InChI=1S/C14H18FNO2/c1-10(2)16(12-5-6-12)14(17)9-18-13-7-3-11(15)4-8-13/h3-4,7-8,10,12H,5-6,9H2,1-2H3. The summed E-state index contributed by atoms with van der Waals surface area (Å²) in [7, 11) is 0. The van der Waals surface area contributed by atoms with Gasteiger partial charge in [-0.15, -0.1) is 0 Å². The van der Waals surface area contributed by atoms with E-state index in [9.17, 15) is 9.18 Å². The van der Waals surface area contributed by atoms with E-state index >= 15 is 0 Å². The molecule has 1 fully saturated rings. The molecule has 1 aliphatic rings. The third kappa shape index (κ3) is 3.22. The zero-order chi connectivity index (χ0) is 13.1. The van der Waals surface area contributed by atoms with Crippen LogP contribution in [0.5, 0.6) is 5.75 Å². The molecule has 1 aliphatic carbocycles. The van der Waals surface area contributed by atoms with Crippen LogP contribution < -0.4 is 4.74 Å². The maximum atomic E-state index is 12.7. The Labute approximate surface area is 107 Å². The zero-order valence-corrected chi connectivity index (χ0v) is 10.7. The molecule has 2 rings (SSSR count). The molecule has 18 heavy (non-hydrogen) atoms. The highest BCUT2D eigenvalue weighted by Gasteiger charge is 2.34. The minimum absolute atomic E-state index is 0.00294. The number of benzene rings is 1. The Morgan fingerprint density at radius 1 is 1.39 bits per heavy atom. The first-order valence-corrected chi connectivity index (χ1v) is 6.27. The highest BCUT2D eigenvalue weighted by molar-refractivity contribution is 5.78. The summed E-state index contributed by atoms with van der Waals surface area (Å²) in [6.07, 6.45) is 2.17. The van der Waals surface area contributed by atoms with Crippen LogP contribution in [0.15, 0.2) is 24.3 Å². The summed E-state index contributed by atoms with van der Waals surface area (Å²) in [5, 5.41) is 0. The maximum absolute atomic E-state index is 12.7. The molecule has 0 N–H and O–H groups in total. The lowest BCUT2D eigenvalue weighted by atomic mass is 10.3. The molecule has 0 heterocycles. The molecule has 98 valence electrons. The number of carbonyl (C=O) groups is 1. The van der Waals surface area contributed by atoms with Crippen LogP contribution in [0, 0.1) is 5.82 Å². The van der Waals surface area contributed by atoms with E-state index in [1.807, 2.05) is 18.7 Å². The van der Waals surface area contributed by atoms with Gasteiger partial charge in [-0.3, -0.25) is 4.79 Å². The van der Waals surface area contributed by atoms with Crippen molar-refractivity contribution >= 4 is 5.91 Å². The van der Waals surface area contributed by atoms with Crippen molar-refractivity contribution in [2.24, 2.45) is 0 Å². The quantitative estimate of drug-likeness (QED) is 0.805. The second-order valence-electron chi connectivity index (χ2n) is 4.87. The molecule has 0 unspecified atom stereocenters. The van der Waals surface area contributed by atoms with Gasteiger partial charge in [0.05, 0.1) is 0 Å². The third-order valence-electron chi connectivity index (χ3n) is 2.96. The molecular weight excluding hydrogens is 233 g/mol. The Kier molecular flexibility index (Phi) is 3.84. The van der Waals surface area contributed by atoms with Crippen molar-refractivity contribution in [3.63, 3.8) is 0 Å². The number of halogens is 1. The Balaban J connectivity index is 1.88. The molecule has 0 spiro atoms. The molecule has 1 amide bonds. The van der Waals surface area contributed by atoms with E-state index in [1.54, 1.807) is 0 Å². The number of carbonyl (C=O) groups excluding carboxylic acids is 1. The molecule has 0 radical (unpaired) electrons. The highest BCUT2D eigenvalue weighted by atomic mass is 19.1. The first-order valence-electron chi connectivity index (χ1n) is 6.27. The number of amides is 1. The molecule has 0 atom stereocenters. The average Bonchev–Trinajstić information content (AvgIpc) is 3.12. The van der Waals surface area contributed by atoms with Gasteiger partial charge >= 0.3 is 0 Å². The smallest absolute Gasteiger partial charge is 0.260 e. The van der Waals surface area contributed by atoms with Gasteiger partial charge in [0.25, 0.3) is 5.91 Å². The van der Waals surface area contributed by atoms with Crippen LogP contribution in [-0.2, 0) is 4.79 Å². The predicted octanol–water partition coefficient (Wildman–Crippen LogP) is 2.60. The number of rotatable bonds is 5. The summed E-state index contributed by atoms with van der Waals surface area (Å²) < 4.78 is 18.1. The lowest BCUT2D eigenvalue weighted by molar-refractivity contribution is -0.135. The van der Waals surface area contributed by atoms with E-state index < -0.39 is 0 Å². The fourth-order valence-electron chi connectivity index (χ4n) is 2.02. The van der Waals surface area contributed by atoms with Gasteiger partial charge in [0, 0.05) is 12.1 Å². The van der Waals surface area contributed by atoms with E-state index in [1.165, 1.54) is 24.3 Å². The minimum Gasteiger partial charge on any atom is -0.484 e. The van der Waals surface area contributed by atoms with E-state index in [2.05, 4.69) is 0 Å². The number of hydrogen-bond donors (Lipinski definition) is 0. The molecule has 0 aliphatic heterocycles. The normalized spacial score (nSPS) is 14.7. The van der Waals surface area contributed by atoms with E-state index in [-0.39, 0.29) is 24.4 Å². The van der Waals surface area contributed by atoms with Crippen molar-refractivity contribution in [2.45, 2.75) is 38.8 Å². The van der Waals surface area contributed by atoms with Gasteiger partial charge in [-0.25, -0.2) is 4.39 Å². The van der Waals surface area contributed by atoms with Crippen LogP contribution in [0.4, 0.5) is 4.39 Å². The van der Waals surface area contributed by atoms with Crippen LogP contribution in [0.2, 0.25) is 0 Å². The number of hydrogen-bond acceptors (Lipinski definition) is 2. The summed E-state index contributed by atoms with van der Waals surface area (Å²) in [5.41, 5.74) is 0. The molecule has 0 aromatic heterocycles. The molecular formula is C14H18FNO2. The molecule has 1 aromatic rings. The van der Waals surface area contributed by atoms with Gasteiger partial charge in [-0.2, -0.15) is 0 Å². The Bertz CT molecular complexity index is 410. The molecule has 4 heteroatoms. The van der Waals surface area contributed by atoms with Crippen molar-refractivity contribution in [1.82, 2.24) is 4.90 Å². The van der Waals surface area contributed by atoms with Gasteiger partial charge in [0.15, 0.2) is 6.61 Å². The van der Waals surface area contributed by atoms with Crippen molar-refractivity contribution in [3.8, 4) is 5.75 Å². The fraction of sp³-hybridized carbons (Fsp3) is 0.500. The van der Waals surface area contributed by atoms with E-state index in [0.29, 0.717) is 11.8 Å². The lowest BCUT2D eigenvalue weighted by Gasteiger charge is -2.26. The van der Waals surface area contributed by atoms with Gasteiger partial charge in [-0.05, 0) is 51.0 Å². The van der Waals surface area contributed by atoms with Crippen LogP contribution in [-0.4, -0.2) is 29.5 Å². The Hall–Kier alpha value is -1.58. The van der Waals surface area contributed by atoms with Gasteiger partial charge < -0.3 is 9.64 Å². The Morgan fingerprint density at radius 3 is 2.50 bits per heavy atom. The second-order valence-corrected chi connectivity index (χ2v) is 4.87. The minimum atomic E-state index is -0.310. The topological polar surface area (TPSA) is 29.5 Å². The monoisotopic (exact) mass is 251 g/mol. The fourth-order valence-corrected chi connectivity index (χ4v) is 2.02. The molecule has 3 nitrogen and oxygen atoms in total. The molecule has 0 bridgehead atoms. The first-order chi connectivity index (χ1) is 8.58. The van der Waals surface area contributed by atoms with Crippen LogP contribution in [0.3, 0.4) is 0 Å². The highest BCUT2D eigenvalue weighted by Crippen LogP contribution is 2.28. The SMILES string of the molecule is CC(C)N(C(=O)COc1ccc(F)cc1)C1CC1.